The van der Waals surface area contributed by atoms with Crippen molar-refractivity contribution in [1.29, 1.82) is 0 Å². The Balaban J connectivity index is 1.69. The zero-order chi connectivity index (χ0) is 13.2. The van der Waals surface area contributed by atoms with Gasteiger partial charge in [0.2, 0.25) is 0 Å². The van der Waals surface area contributed by atoms with E-state index in [9.17, 15) is 4.39 Å². The highest BCUT2D eigenvalue weighted by Crippen LogP contribution is 2.27. The summed E-state index contributed by atoms with van der Waals surface area (Å²) in [4.78, 5) is 2.28. The summed E-state index contributed by atoms with van der Waals surface area (Å²) < 4.78 is 12.8. The SMILES string of the molecule is CN1CCc2cc(CNc3ccc(F)cc3)ccc21. The van der Waals surface area contributed by atoms with Crippen LogP contribution in [0, 0.1) is 5.82 Å². The lowest BCUT2D eigenvalue weighted by molar-refractivity contribution is 0.628. The molecule has 3 rings (SSSR count). The van der Waals surface area contributed by atoms with Gasteiger partial charge in [0.25, 0.3) is 0 Å². The van der Waals surface area contributed by atoms with Gasteiger partial charge >= 0.3 is 0 Å². The van der Waals surface area contributed by atoms with Crippen LogP contribution in [0.4, 0.5) is 15.8 Å². The Labute approximate surface area is 112 Å². The molecule has 0 fully saturated rings. The molecule has 1 aliphatic heterocycles. The van der Waals surface area contributed by atoms with Crippen molar-refractivity contribution in [3.05, 3.63) is 59.4 Å². The number of nitrogens with zero attached hydrogens (tertiary/aromatic N) is 1. The van der Waals surface area contributed by atoms with Crippen LogP contribution in [-0.2, 0) is 13.0 Å². The van der Waals surface area contributed by atoms with Gasteiger partial charge in [-0.15, -0.1) is 0 Å². The molecule has 2 nitrogen and oxygen atoms in total. The van der Waals surface area contributed by atoms with Gasteiger partial charge in [-0.3, -0.25) is 0 Å². The molecule has 2 aromatic carbocycles. The molecular weight excluding hydrogens is 239 g/mol. The molecule has 1 N–H and O–H groups in total. The smallest absolute Gasteiger partial charge is 0.123 e. The Morgan fingerprint density at radius 2 is 1.95 bits per heavy atom. The van der Waals surface area contributed by atoms with Gasteiger partial charge in [-0.25, -0.2) is 4.39 Å². The van der Waals surface area contributed by atoms with E-state index in [1.54, 1.807) is 12.1 Å². The van der Waals surface area contributed by atoms with Crippen molar-refractivity contribution in [2.75, 3.05) is 23.8 Å². The second-order valence-corrected chi connectivity index (χ2v) is 5.00. The fourth-order valence-electron chi connectivity index (χ4n) is 2.50. The van der Waals surface area contributed by atoms with Crippen LogP contribution in [0.25, 0.3) is 0 Å². The molecule has 1 heterocycles. The Morgan fingerprint density at radius 3 is 2.74 bits per heavy atom. The van der Waals surface area contributed by atoms with Crippen molar-refractivity contribution in [2.45, 2.75) is 13.0 Å². The van der Waals surface area contributed by atoms with Crippen LogP contribution >= 0.6 is 0 Å². The number of benzene rings is 2. The second kappa shape index (κ2) is 4.92. The van der Waals surface area contributed by atoms with Crippen LogP contribution in [0.15, 0.2) is 42.5 Å². The molecule has 0 atom stereocenters. The van der Waals surface area contributed by atoms with E-state index in [2.05, 4.69) is 35.5 Å². The predicted molar refractivity (Wildman–Crippen MR) is 77.1 cm³/mol. The minimum absolute atomic E-state index is 0.203. The molecule has 19 heavy (non-hydrogen) atoms. The third-order valence-corrected chi connectivity index (χ3v) is 3.61. The highest BCUT2D eigenvalue weighted by molar-refractivity contribution is 5.58. The summed E-state index contributed by atoms with van der Waals surface area (Å²) >= 11 is 0. The maximum atomic E-state index is 12.8. The van der Waals surface area contributed by atoms with Gasteiger partial charge in [-0.05, 0) is 47.9 Å². The number of anilines is 2. The molecule has 0 spiro atoms. The highest BCUT2D eigenvalue weighted by atomic mass is 19.1. The number of hydrogen-bond donors (Lipinski definition) is 1. The lowest BCUT2D eigenvalue weighted by Gasteiger charge is -2.12. The van der Waals surface area contributed by atoms with E-state index >= 15 is 0 Å². The van der Waals surface area contributed by atoms with Crippen LogP contribution < -0.4 is 10.2 Å². The summed E-state index contributed by atoms with van der Waals surface area (Å²) in [6.07, 6.45) is 1.12. The van der Waals surface area contributed by atoms with Crippen molar-refractivity contribution >= 4 is 11.4 Å². The summed E-state index contributed by atoms with van der Waals surface area (Å²) in [5.74, 6) is -0.203. The van der Waals surface area contributed by atoms with Crippen LogP contribution in [-0.4, -0.2) is 13.6 Å². The first-order valence-electron chi connectivity index (χ1n) is 6.55. The minimum Gasteiger partial charge on any atom is -0.381 e. The fourth-order valence-corrected chi connectivity index (χ4v) is 2.50. The summed E-state index contributed by atoms with van der Waals surface area (Å²) in [6, 6.07) is 13.1. The molecular formula is C16H17FN2. The van der Waals surface area contributed by atoms with Crippen molar-refractivity contribution < 1.29 is 4.39 Å². The van der Waals surface area contributed by atoms with Gasteiger partial charge in [0, 0.05) is 31.5 Å². The molecule has 0 radical (unpaired) electrons. The van der Waals surface area contributed by atoms with Crippen molar-refractivity contribution in [2.24, 2.45) is 0 Å². The van der Waals surface area contributed by atoms with E-state index in [0.29, 0.717) is 0 Å². The third kappa shape index (κ3) is 2.55. The Morgan fingerprint density at radius 1 is 1.16 bits per heavy atom. The van der Waals surface area contributed by atoms with Gasteiger partial charge in [-0.2, -0.15) is 0 Å². The number of nitrogens with one attached hydrogen (secondary N) is 1. The van der Waals surface area contributed by atoms with Gasteiger partial charge in [0.1, 0.15) is 5.82 Å². The standard InChI is InChI=1S/C16H17FN2/c1-19-9-8-13-10-12(2-7-16(13)19)11-18-15-5-3-14(17)4-6-15/h2-7,10,18H,8-9,11H2,1H3. The molecule has 0 saturated carbocycles. The lowest BCUT2D eigenvalue weighted by Crippen LogP contribution is -2.12. The van der Waals surface area contributed by atoms with E-state index in [1.165, 1.54) is 28.9 Å². The molecule has 0 amide bonds. The van der Waals surface area contributed by atoms with E-state index in [4.69, 9.17) is 0 Å². The number of halogens is 1. The number of likely N-dealkylation sites (N-methyl/N-ethyl adjacent to an activating group) is 1. The van der Waals surface area contributed by atoms with Crippen molar-refractivity contribution in [1.82, 2.24) is 0 Å². The number of hydrogen-bond acceptors (Lipinski definition) is 2. The number of rotatable bonds is 3. The zero-order valence-electron chi connectivity index (χ0n) is 11.0. The normalized spacial score (nSPS) is 13.5. The third-order valence-electron chi connectivity index (χ3n) is 3.61. The van der Waals surface area contributed by atoms with Crippen LogP contribution in [0.2, 0.25) is 0 Å². The fraction of sp³-hybridized carbons (Fsp3) is 0.250. The van der Waals surface area contributed by atoms with E-state index in [1.807, 2.05) is 0 Å². The minimum atomic E-state index is -0.203. The van der Waals surface area contributed by atoms with E-state index in [0.717, 1.165) is 25.2 Å². The van der Waals surface area contributed by atoms with Crippen LogP contribution in [0.5, 0.6) is 0 Å². The van der Waals surface area contributed by atoms with Crippen LogP contribution in [0.3, 0.4) is 0 Å². The average molecular weight is 256 g/mol. The highest BCUT2D eigenvalue weighted by Gasteiger charge is 2.15. The Hall–Kier alpha value is -2.03. The molecule has 1 aliphatic rings. The second-order valence-electron chi connectivity index (χ2n) is 5.00. The molecule has 0 aromatic heterocycles. The van der Waals surface area contributed by atoms with Gasteiger partial charge in [0.05, 0.1) is 0 Å². The quantitative estimate of drug-likeness (QED) is 0.905. The first-order valence-corrected chi connectivity index (χ1v) is 6.55. The summed E-state index contributed by atoms with van der Waals surface area (Å²) in [6.45, 7) is 1.87. The monoisotopic (exact) mass is 256 g/mol. The van der Waals surface area contributed by atoms with Gasteiger partial charge in [0.15, 0.2) is 0 Å². The first kappa shape index (κ1) is 12.0. The summed E-state index contributed by atoms with van der Waals surface area (Å²) in [5.41, 5.74) is 4.96. The molecule has 0 saturated heterocycles. The molecule has 0 bridgehead atoms. The van der Waals surface area contributed by atoms with Crippen molar-refractivity contribution in [3.8, 4) is 0 Å². The topological polar surface area (TPSA) is 15.3 Å². The molecule has 0 unspecified atom stereocenters. The largest absolute Gasteiger partial charge is 0.381 e. The van der Waals surface area contributed by atoms with Gasteiger partial charge < -0.3 is 10.2 Å². The van der Waals surface area contributed by atoms with E-state index < -0.39 is 0 Å². The van der Waals surface area contributed by atoms with E-state index in [-0.39, 0.29) is 5.82 Å². The summed E-state index contributed by atoms with van der Waals surface area (Å²) in [7, 11) is 2.13. The maximum absolute atomic E-state index is 12.8. The zero-order valence-corrected chi connectivity index (χ0v) is 11.0. The maximum Gasteiger partial charge on any atom is 0.123 e. The average Bonchev–Trinajstić information content (AvgIpc) is 2.79. The molecule has 2 aromatic rings. The van der Waals surface area contributed by atoms with Gasteiger partial charge in [-0.1, -0.05) is 12.1 Å². The summed E-state index contributed by atoms with van der Waals surface area (Å²) in [5, 5.41) is 3.31. The molecule has 0 aliphatic carbocycles. The first-order chi connectivity index (χ1) is 9.22. The Bertz CT molecular complexity index is 578. The molecule has 98 valence electrons. The molecule has 3 heteroatoms. The Kier molecular flexibility index (Phi) is 3.11. The predicted octanol–water partition coefficient (Wildman–Crippen LogP) is 3.43. The van der Waals surface area contributed by atoms with Crippen molar-refractivity contribution in [3.63, 3.8) is 0 Å². The van der Waals surface area contributed by atoms with Crippen LogP contribution in [0.1, 0.15) is 11.1 Å². The lowest BCUT2D eigenvalue weighted by atomic mass is 10.1. The number of fused-ring (bicyclic) bond motifs is 1.